The van der Waals surface area contributed by atoms with E-state index in [1.165, 1.54) is 5.56 Å². The van der Waals surface area contributed by atoms with Crippen molar-refractivity contribution in [2.24, 2.45) is 0 Å². The molecule has 0 N–H and O–H groups in total. The topological polar surface area (TPSA) is 26.3 Å². The van der Waals surface area contributed by atoms with Gasteiger partial charge in [0.15, 0.2) is 0 Å². The van der Waals surface area contributed by atoms with E-state index in [4.69, 9.17) is 4.74 Å². The molecule has 0 radical (unpaired) electrons. The molecule has 2 rings (SSSR count). The Morgan fingerprint density at radius 3 is 2.36 bits per heavy atom. The summed E-state index contributed by atoms with van der Waals surface area (Å²) in [4.78, 5) is 11.7. The minimum absolute atomic E-state index is 0.124. The third kappa shape index (κ3) is 5.57. The van der Waals surface area contributed by atoms with E-state index >= 15 is 0 Å². The average Bonchev–Trinajstić information content (AvgIpc) is 2.58. The summed E-state index contributed by atoms with van der Waals surface area (Å²) in [5.74, 6) is -0.124. The van der Waals surface area contributed by atoms with Crippen LogP contribution >= 0.6 is 0 Å². The molecule has 0 bridgehead atoms. The number of unbranched alkanes of at least 4 members (excludes halogenated alkanes) is 1. The smallest absolute Gasteiger partial charge is 0.306 e. The van der Waals surface area contributed by atoms with Gasteiger partial charge in [-0.25, -0.2) is 0 Å². The van der Waals surface area contributed by atoms with Gasteiger partial charge in [-0.15, -0.1) is 0 Å². The molecule has 2 heteroatoms. The lowest BCUT2D eigenvalue weighted by Gasteiger charge is -2.05. The molecule has 22 heavy (non-hydrogen) atoms. The van der Waals surface area contributed by atoms with E-state index in [1.54, 1.807) is 6.08 Å². The minimum Gasteiger partial charge on any atom is -0.461 e. The third-order valence-electron chi connectivity index (χ3n) is 3.55. The lowest BCUT2D eigenvalue weighted by Crippen LogP contribution is -2.04. The molecule has 0 unspecified atom stereocenters. The maximum absolute atomic E-state index is 11.7. The Kier molecular flexibility index (Phi) is 6.43. The van der Waals surface area contributed by atoms with Crippen LogP contribution in [0.25, 0.3) is 6.08 Å². The highest BCUT2D eigenvalue weighted by Crippen LogP contribution is 2.09. The maximum Gasteiger partial charge on any atom is 0.306 e. The fourth-order valence-electron chi connectivity index (χ4n) is 2.23. The first-order chi connectivity index (χ1) is 10.8. The maximum atomic E-state index is 11.7. The summed E-state index contributed by atoms with van der Waals surface area (Å²) < 4.78 is 5.29. The van der Waals surface area contributed by atoms with Crippen LogP contribution in [0.1, 0.15) is 36.0 Å². The van der Waals surface area contributed by atoms with E-state index in [1.807, 2.05) is 42.5 Å². The summed E-state index contributed by atoms with van der Waals surface area (Å²) in [6, 6.07) is 18.2. The van der Waals surface area contributed by atoms with Gasteiger partial charge in [0.2, 0.25) is 0 Å². The predicted octanol–water partition coefficient (Wildman–Crippen LogP) is 4.79. The molecule has 0 aliphatic carbocycles. The first kappa shape index (κ1) is 16.0. The van der Waals surface area contributed by atoms with Crippen LogP contribution in [0.5, 0.6) is 0 Å². The summed E-state index contributed by atoms with van der Waals surface area (Å²) >= 11 is 0. The number of ether oxygens (including phenoxy) is 1. The normalized spacial score (nSPS) is 10.2. The summed E-state index contributed by atoms with van der Waals surface area (Å²) in [6.45, 7) is 4.06. The highest BCUT2D eigenvalue weighted by atomic mass is 16.5. The van der Waals surface area contributed by atoms with Crippen molar-refractivity contribution in [2.45, 2.75) is 32.3 Å². The van der Waals surface area contributed by atoms with Crippen LogP contribution < -0.4 is 0 Å². The third-order valence-corrected chi connectivity index (χ3v) is 3.55. The van der Waals surface area contributed by atoms with Gasteiger partial charge in [0.25, 0.3) is 0 Å². The quantitative estimate of drug-likeness (QED) is 0.517. The highest BCUT2D eigenvalue weighted by Gasteiger charge is 2.03. The summed E-state index contributed by atoms with van der Waals surface area (Å²) in [5.41, 5.74) is 3.39. The van der Waals surface area contributed by atoms with Crippen molar-refractivity contribution in [2.75, 3.05) is 0 Å². The zero-order chi connectivity index (χ0) is 15.6. The molecular weight excluding hydrogens is 272 g/mol. The highest BCUT2D eigenvalue weighted by molar-refractivity contribution is 5.69. The lowest BCUT2D eigenvalue weighted by atomic mass is 10.1. The molecule has 0 amide bonds. The Morgan fingerprint density at radius 1 is 0.955 bits per heavy atom. The SMILES string of the molecule is C=Cc1ccc(COC(=O)CCCCc2ccccc2)cc1. The average molecular weight is 294 g/mol. The molecule has 0 aliphatic rings. The predicted molar refractivity (Wildman–Crippen MR) is 90.3 cm³/mol. The number of hydrogen-bond donors (Lipinski definition) is 0. The van der Waals surface area contributed by atoms with Crippen molar-refractivity contribution in [3.8, 4) is 0 Å². The van der Waals surface area contributed by atoms with E-state index in [0.717, 1.165) is 30.4 Å². The monoisotopic (exact) mass is 294 g/mol. The number of esters is 1. The zero-order valence-corrected chi connectivity index (χ0v) is 12.8. The van der Waals surface area contributed by atoms with Gasteiger partial charge in [0.05, 0.1) is 0 Å². The first-order valence-corrected chi connectivity index (χ1v) is 7.69. The molecule has 0 saturated heterocycles. The van der Waals surface area contributed by atoms with Gasteiger partial charge in [-0.05, 0) is 36.0 Å². The second-order valence-corrected chi connectivity index (χ2v) is 5.30. The molecule has 0 spiro atoms. The van der Waals surface area contributed by atoms with Gasteiger partial charge < -0.3 is 4.74 Å². The van der Waals surface area contributed by atoms with Crippen molar-refractivity contribution in [3.05, 3.63) is 77.9 Å². The molecule has 0 saturated carbocycles. The Morgan fingerprint density at radius 2 is 1.68 bits per heavy atom. The molecular formula is C20H22O2. The Hall–Kier alpha value is -2.35. The summed E-state index contributed by atoms with van der Waals surface area (Å²) in [5, 5.41) is 0. The fraction of sp³-hybridized carbons (Fsp3) is 0.250. The number of benzene rings is 2. The Labute approximate surface area is 132 Å². The van der Waals surface area contributed by atoms with Crippen LogP contribution in [-0.2, 0) is 22.6 Å². The Balaban J connectivity index is 1.62. The van der Waals surface area contributed by atoms with Crippen molar-refractivity contribution in [3.63, 3.8) is 0 Å². The van der Waals surface area contributed by atoms with Gasteiger partial charge in [-0.1, -0.05) is 67.3 Å². The van der Waals surface area contributed by atoms with Crippen LogP contribution in [0.15, 0.2) is 61.2 Å². The van der Waals surface area contributed by atoms with Crippen molar-refractivity contribution in [1.29, 1.82) is 0 Å². The largest absolute Gasteiger partial charge is 0.461 e. The first-order valence-electron chi connectivity index (χ1n) is 7.69. The van der Waals surface area contributed by atoms with Crippen molar-refractivity contribution in [1.82, 2.24) is 0 Å². The fourth-order valence-corrected chi connectivity index (χ4v) is 2.23. The molecule has 0 fully saturated rings. The molecule has 2 aromatic rings. The van der Waals surface area contributed by atoms with Gasteiger partial charge in [-0.2, -0.15) is 0 Å². The zero-order valence-electron chi connectivity index (χ0n) is 12.8. The number of carbonyl (C=O) groups is 1. The molecule has 0 aliphatic heterocycles. The number of rotatable bonds is 8. The second-order valence-electron chi connectivity index (χ2n) is 5.30. The van der Waals surface area contributed by atoms with Crippen LogP contribution in [0, 0.1) is 0 Å². The van der Waals surface area contributed by atoms with Crippen LogP contribution in [0.3, 0.4) is 0 Å². The number of carbonyl (C=O) groups excluding carboxylic acids is 1. The van der Waals surface area contributed by atoms with E-state index in [2.05, 4.69) is 18.7 Å². The van der Waals surface area contributed by atoms with E-state index < -0.39 is 0 Å². The van der Waals surface area contributed by atoms with Crippen molar-refractivity contribution < 1.29 is 9.53 Å². The molecule has 0 aromatic heterocycles. The number of hydrogen-bond acceptors (Lipinski definition) is 2. The molecule has 114 valence electrons. The summed E-state index contributed by atoms with van der Waals surface area (Å²) in [7, 11) is 0. The van der Waals surface area contributed by atoms with Gasteiger partial charge in [0.1, 0.15) is 6.61 Å². The van der Waals surface area contributed by atoms with Crippen LogP contribution in [0.4, 0.5) is 0 Å². The number of aryl methyl sites for hydroxylation is 1. The second kappa shape index (κ2) is 8.83. The Bertz CT molecular complexity index is 585. The minimum atomic E-state index is -0.124. The molecule has 2 nitrogen and oxygen atoms in total. The van der Waals surface area contributed by atoms with Crippen LogP contribution in [-0.4, -0.2) is 5.97 Å². The standard InChI is InChI=1S/C20H22O2/c1-2-17-12-14-19(15-13-17)16-22-20(21)11-7-6-10-18-8-4-3-5-9-18/h2-5,8-9,12-15H,1,6-7,10-11,16H2. The molecule has 0 atom stereocenters. The van der Waals surface area contributed by atoms with E-state index in [9.17, 15) is 4.79 Å². The van der Waals surface area contributed by atoms with Crippen LogP contribution in [0.2, 0.25) is 0 Å². The van der Waals surface area contributed by atoms with Gasteiger partial charge >= 0.3 is 5.97 Å². The summed E-state index contributed by atoms with van der Waals surface area (Å²) in [6.07, 6.45) is 5.16. The van der Waals surface area contributed by atoms with Gasteiger partial charge in [-0.3, -0.25) is 4.79 Å². The van der Waals surface area contributed by atoms with Gasteiger partial charge in [0, 0.05) is 6.42 Å². The lowest BCUT2D eigenvalue weighted by molar-refractivity contribution is -0.145. The molecule has 2 aromatic carbocycles. The van der Waals surface area contributed by atoms with E-state index in [0.29, 0.717) is 13.0 Å². The van der Waals surface area contributed by atoms with Crippen molar-refractivity contribution >= 4 is 12.0 Å². The van der Waals surface area contributed by atoms with E-state index in [-0.39, 0.29) is 5.97 Å². The molecule has 0 heterocycles.